The number of phenols is 1. The fourth-order valence-electron chi connectivity index (χ4n) is 2.26. The molecular weight excluding hydrogens is 300 g/mol. The quantitative estimate of drug-likeness (QED) is 0.877. The third-order valence-corrected chi connectivity index (χ3v) is 3.80. The van der Waals surface area contributed by atoms with Gasteiger partial charge in [-0.15, -0.1) is 12.4 Å². The highest BCUT2D eigenvalue weighted by Gasteiger charge is 2.34. The summed E-state index contributed by atoms with van der Waals surface area (Å²) < 4.78 is 13.3. The summed E-state index contributed by atoms with van der Waals surface area (Å²) in [5.41, 5.74) is 8.60. The zero-order valence-corrected chi connectivity index (χ0v) is 12.1. The normalized spacial score (nSPS) is 20.4. The summed E-state index contributed by atoms with van der Waals surface area (Å²) in [6.07, 6.45) is 1.03. The summed E-state index contributed by atoms with van der Waals surface area (Å²) in [6.45, 7) is 0. The van der Waals surface area contributed by atoms with E-state index < -0.39 is 11.6 Å². The lowest BCUT2D eigenvalue weighted by molar-refractivity contribution is 0.433. The van der Waals surface area contributed by atoms with Crippen molar-refractivity contribution >= 4 is 24.0 Å². The van der Waals surface area contributed by atoms with E-state index in [4.69, 9.17) is 17.3 Å². The lowest BCUT2D eigenvalue weighted by Gasteiger charge is -2.06. The van der Waals surface area contributed by atoms with E-state index in [-0.39, 0.29) is 23.5 Å². The molecule has 20 heavy (non-hydrogen) atoms. The molecule has 0 heterocycles. The Morgan fingerprint density at radius 1 is 1.15 bits per heavy atom. The lowest BCUT2D eigenvalue weighted by Crippen LogP contribution is -2.00. The number of hydrogen-bond donors (Lipinski definition) is 2. The van der Waals surface area contributed by atoms with E-state index in [2.05, 4.69) is 0 Å². The molecular formula is C15H14Cl2FNO. The molecule has 2 atom stereocenters. The standard InChI is InChI=1S/C15H13ClFNO.ClH/c16-12-5-10(6-14(19)15(12)17)8-1-3-9(4-2-8)11-7-13(11)18;/h1-6,11,13,19H,7,18H2;1H/t11-,13+;/m1./s1. The minimum atomic E-state index is -0.786. The molecule has 0 amide bonds. The third kappa shape index (κ3) is 2.75. The van der Waals surface area contributed by atoms with Crippen LogP contribution in [0.25, 0.3) is 11.1 Å². The molecule has 0 unspecified atom stereocenters. The molecule has 0 aromatic heterocycles. The second-order valence-corrected chi connectivity index (χ2v) is 5.33. The van der Waals surface area contributed by atoms with Crippen molar-refractivity contribution in [2.75, 3.05) is 0 Å². The zero-order chi connectivity index (χ0) is 13.6. The average molecular weight is 314 g/mol. The number of halogens is 3. The Balaban J connectivity index is 0.00000147. The van der Waals surface area contributed by atoms with Crippen LogP contribution in [0.15, 0.2) is 36.4 Å². The van der Waals surface area contributed by atoms with Gasteiger partial charge in [0.05, 0.1) is 5.02 Å². The van der Waals surface area contributed by atoms with Crippen molar-refractivity contribution in [3.05, 3.63) is 52.8 Å². The Morgan fingerprint density at radius 3 is 2.25 bits per heavy atom. The molecule has 2 aromatic carbocycles. The first-order valence-electron chi connectivity index (χ1n) is 6.10. The van der Waals surface area contributed by atoms with Crippen molar-refractivity contribution in [2.45, 2.75) is 18.4 Å². The number of rotatable bonds is 2. The summed E-state index contributed by atoms with van der Waals surface area (Å²) in [5.74, 6) is -0.763. The van der Waals surface area contributed by atoms with Gasteiger partial charge in [-0.25, -0.2) is 4.39 Å². The van der Waals surface area contributed by atoms with Crippen molar-refractivity contribution in [1.82, 2.24) is 0 Å². The maximum atomic E-state index is 13.3. The van der Waals surface area contributed by atoms with E-state index in [0.717, 1.165) is 12.0 Å². The van der Waals surface area contributed by atoms with Gasteiger partial charge in [0.15, 0.2) is 11.6 Å². The van der Waals surface area contributed by atoms with Gasteiger partial charge in [-0.05, 0) is 35.2 Å². The van der Waals surface area contributed by atoms with Gasteiger partial charge < -0.3 is 10.8 Å². The second-order valence-electron chi connectivity index (χ2n) is 4.92. The summed E-state index contributed by atoms with van der Waals surface area (Å²) in [7, 11) is 0. The molecule has 2 aromatic rings. The molecule has 2 nitrogen and oxygen atoms in total. The van der Waals surface area contributed by atoms with Gasteiger partial charge in [-0.2, -0.15) is 0 Å². The predicted octanol–water partition coefficient (Wildman–Crippen LogP) is 4.09. The van der Waals surface area contributed by atoms with E-state index in [1.165, 1.54) is 17.7 Å². The van der Waals surface area contributed by atoms with Crippen molar-refractivity contribution in [1.29, 1.82) is 0 Å². The van der Waals surface area contributed by atoms with Gasteiger partial charge in [0.25, 0.3) is 0 Å². The molecule has 3 N–H and O–H groups in total. The van der Waals surface area contributed by atoms with Crippen LogP contribution in [0.3, 0.4) is 0 Å². The van der Waals surface area contributed by atoms with Crippen molar-refractivity contribution in [2.24, 2.45) is 5.73 Å². The Bertz CT molecular complexity index is 607. The van der Waals surface area contributed by atoms with Crippen molar-refractivity contribution in [3.63, 3.8) is 0 Å². The minimum Gasteiger partial charge on any atom is -0.505 e. The van der Waals surface area contributed by atoms with Gasteiger partial charge in [0.1, 0.15) is 0 Å². The first-order valence-corrected chi connectivity index (χ1v) is 6.48. The van der Waals surface area contributed by atoms with Crippen LogP contribution in [0.2, 0.25) is 5.02 Å². The van der Waals surface area contributed by atoms with Gasteiger partial charge in [0.2, 0.25) is 0 Å². The van der Waals surface area contributed by atoms with E-state index in [0.29, 0.717) is 11.5 Å². The average Bonchev–Trinajstić information content (AvgIpc) is 3.13. The molecule has 0 radical (unpaired) electrons. The monoisotopic (exact) mass is 313 g/mol. The van der Waals surface area contributed by atoms with Crippen LogP contribution in [-0.4, -0.2) is 11.1 Å². The molecule has 0 spiro atoms. The first kappa shape index (κ1) is 15.1. The van der Waals surface area contributed by atoms with Crippen LogP contribution >= 0.6 is 24.0 Å². The van der Waals surface area contributed by atoms with E-state index in [9.17, 15) is 9.50 Å². The highest BCUT2D eigenvalue weighted by molar-refractivity contribution is 6.31. The summed E-state index contributed by atoms with van der Waals surface area (Å²) >= 11 is 5.73. The molecule has 1 saturated carbocycles. The van der Waals surface area contributed by atoms with E-state index in [1.807, 2.05) is 24.3 Å². The molecule has 3 rings (SSSR count). The van der Waals surface area contributed by atoms with E-state index in [1.54, 1.807) is 0 Å². The fraction of sp³-hybridized carbons (Fsp3) is 0.200. The Hall–Kier alpha value is -1.29. The minimum absolute atomic E-state index is 0. The molecule has 5 heteroatoms. The smallest absolute Gasteiger partial charge is 0.183 e. The molecule has 0 saturated heterocycles. The highest BCUT2D eigenvalue weighted by atomic mass is 35.5. The fourth-order valence-corrected chi connectivity index (χ4v) is 2.48. The van der Waals surface area contributed by atoms with Gasteiger partial charge in [0, 0.05) is 12.0 Å². The van der Waals surface area contributed by atoms with Gasteiger partial charge in [-0.3, -0.25) is 0 Å². The zero-order valence-electron chi connectivity index (χ0n) is 10.5. The van der Waals surface area contributed by atoms with Crippen LogP contribution in [0, 0.1) is 5.82 Å². The number of phenolic OH excluding ortho intramolecular Hbond substituents is 1. The largest absolute Gasteiger partial charge is 0.505 e. The maximum Gasteiger partial charge on any atom is 0.183 e. The lowest BCUT2D eigenvalue weighted by atomic mass is 10.0. The van der Waals surface area contributed by atoms with Crippen LogP contribution in [0.4, 0.5) is 4.39 Å². The number of nitrogens with two attached hydrogens (primary N) is 1. The Morgan fingerprint density at radius 2 is 1.75 bits per heavy atom. The number of aromatic hydroxyl groups is 1. The van der Waals surface area contributed by atoms with Gasteiger partial charge in [-0.1, -0.05) is 35.9 Å². The SMILES string of the molecule is Cl.N[C@H]1C[C@@H]1c1ccc(-c2cc(O)c(F)c(Cl)c2)cc1. The van der Waals surface area contributed by atoms with E-state index >= 15 is 0 Å². The molecule has 106 valence electrons. The maximum absolute atomic E-state index is 13.3. The summed E-state index contributed by atoms with van der Waals surface area (Å²) in [4.78, 5) is 0. The molecule has 0 bridgehead atoms. The van der Waals surface area contributed by atoms with Crippen LogP contribution in [0.1, 0.15) is 17.9 Å². The van der Waals surface area contributed by atoms with Crippen LogP contribution in [0.5, 0.6) is 5.75 Å². The third-order valence-electron chi connectivity index (χ3n) is 3.52. The molecule has 1 aliphatic rings. The van der Waals surface area contributed by atoms with Crippen LogP contribution < -0.4 is 5.73 Å². The summed E-state index contributed by atoms with van der Waals surface area (Å²) in [5, 5.41) is 9.37. The predicted molar refractivity (Wildman–Crippen MR) is 81.1 cm³/mol. The molecule has 1 fully saturated rings. The summed E-state index contributed by atoms with van der Waals surface area (Å²) in [6, 6.07) is 11.1. The topological polar surface area (TPSA) is 46.2 Å². The Kier molecular flexibility index (Phi) is 4.23. The van der Waals surface area contributed by atoms with Gasteiger partial charge >= 0.3 is 0 Å². The van der Waals surface area contributed by atoms with Crippen molar-refractivity contribution < 1.29 is 9.50 Å². The molecule has 1 aliphatic carbocycles. The first-order chi connectivity index (χ1) is 9.06. The molecule has 0 aliphatic heterocycles. The number of hydrogen-bond acceptors (Lipinski definition) is 2. The highest BCUT2D eigenvalue weighted by Crippen LogP contribution is 2.39. The Labute approximate surface area is 127 Å². The second kappa shape index (κ2) is 5.60. The number of benzene rings is 2. The van der Waals surface area contributed by atoms with Crippen LogP contribution in [-0.2, 0) is 0 Å². The van der Waals surface area contributed by atoms with Crippen molar-refractivity contribution in [3.8, 4) is 16.9 Å².